The van der Waals surface area contributed by atoms with Gasteiger partial charge in [-0.2, -0.15) is 0 Å². The highest BCUT2D eigenvalue weighted by Crippen LogP contribution is 2.20. The summed E-state index contributed by atoms with van der Waals surface area (Å²) in [6.45, 7) is 11.1. The maximum Gasteiger partial charge on any atom is 0.339 e. The van der Waals surface area contributed by atoms with Crippen LogP contribution >= 0.6 is 0 Å². The van der Waals surface area contributed by atoms with Gasteiger partial charge >= 0.3 is 5.97 Å². The molecular formula is C17H24O3. The minimum atomic E-state index is -1.10. The molecule has 0 aliphatic heterocycles. The topological polar surface area (TPSA) is 43.4 Å². The standard InChI is InChI=1S/C17H24O3/c1-11(2)13-7-9-14(10-8-13)16(19)20-17(5,6)15(18)12(3)4/h7-12H,1-6H3. The number of ketones is 1. The quantitative estimate of drug-likeness (QED) is 0.764. The summed E-state index contributed by atoms with van der Waals surface area (Å²) in [5.41, 5.74) is 0.542. The van der Waals surface area contributed by atoms with E-state index in [0.717, 1.165) is 0 Å². The van der Waals surface area contributed by atoms with Gasteiger partial charge in [-0.1, -0.05) is 39.8 Å². The van der Waals surface area contributed by atoms with Crippen LogP contribution in [0, 0.1) is 5.92 Å². The van der Waals surface area contributed by atoms with Crippen LogP contribution in [-0.4, -0.2) is 17.4 Å². The number of hydrogen-bond acceptors (Lipinski definition) is 3. The molecule has 20 heavy (non-hydrogen) atoms. The predicted octanol–water partition coefficient (Wildman–Crippen LogP) is 3.97. The first-order valence-electron chi connectivity index (χ1n) is 7.02. The van der Waals surface area contributed by atoms with Crippen LogP contribution in [0.2, 0.25) is 0 Å². The van der Waals surface area contributed by atoms with Crippen molar-refractivity contribution >= 4 is 11.8 Å². The Morgan fingerprint density at radius 3 is 1.90 bits per heavy atom. The normalized spacial score (nSPS) is 11.8. The second-order valence-electron chi connectivity index (χ2n) is 6.20. The summed E-state index contributed by atoms with van der Waals surface area (Å²) in [4.78, 5) is 24.1. The third-order valence-corrected chi connectivity index (χ3v) is 3.28. The maximum absolute atomic E-state index is 12.1. The largest absolute Gasteiger partial charge is 0.448 e. The first-order chi connectivity index (χ1) is 9.15. The smallest absolute Gasteiger partial charge is 0.339 e. The SMILES string of the molecule is CC(C)C(=O)C(C)(C)OC(=O)c1ccc(C(C)C)cc1. The van der Waals surface area contributed by atoms with E-state index in [4.69, 9.17) is 4.74 Å². The van der Waals surface area contributed by atoms with Gasteiger partial charge in [-0.05, 0) is 37.5 Å². The van der Waals surface area contributed by atoms with E-state index in [1.165, 1.54) is 5.56 Å². The third-order valence-electron chi connectivity index (χ3n) is 3.28. The molecule has 0 radical (unpaired) electrons. The van der Waals surface area contributed by atoms with E-state index in [2.05, 4.69) is 13.8 Å². The average Bonchev–Trinajstić information content (AvgIpc) is 2.37. The lowest BCUT2D eigenvalue weighted by atomic mass is 9.94. The second-order valence-corrected chi connectivity index (χ2v) is 6.20. The predicted molar refractivity (Wildman–Crippen MR) is 79.9 cm³/mol. The summed E-state index contributed by atoms with van der Waals surface area (Å²) in [6.07, 6.45) is 0. The molecular weight excluding hydrogens is 252 g/mol. The van der Waals surface area contributed by atoms with E-state index >= 15 is 0 Å². The van der Waals surface area contributed by atoms with Gasteiger partial charge in [-0.15, -0.1) is 0 Å². The van der Waals surface area contributed by atoms with Crippen molar-refractivity contribution in [2.24, 2.45) is 5.92 Å². The van der Waals surface area contributed by atoms with Gasteiger partial charge in [0.2, 0.25) is 0 Å². The molecule has 0 unspecified atom stereocenters. The van der Waals surface area contributed by atoms with Crippen molar-refractivity contribution in [1.82, 2.24) is 0 Å². The van der Waals surface area contributed by atoms with Crippen molar-refractivity contribution in [1.29, 1.82) is 0 Å². The van der Waals surface area contributed by atoms with Gasteiger partial charge in [0.15, 0.2) is 11.4 Å². The molecule has 3 nitrogen and oxygen atoms in total. The van der Waals surface area contributed by atoms with E-state index < -0.39 is 11.6 Å². The molecule has 1 aromatic rings. The highest BCUT2D eigenvalue weighted by atomic mass is 16.6. The fourth-order valence-electron chi connectivity index (χ4n) is 2.04. The second kappa shape index (κ2) is 6.21. The van der Waals surface area contributed by atoms with Crippen LogP contribution in [0.15, 0.2) is 24.3 Å². The van der Waals surface area contributed by atoms with Crippen molar-refractivity contribution in [2.75, 3.05) is 0 Å². The Kier molecular flexibility index (Phi) is 5.09. The Hall–Kier alpha value is -1.64. The van der Waals surface area contributed by atoms with Gasteiger partial charge in [-0.3, -0.25) is 4.79 Å². The van der Waals surface area contributed by atoms with Crippen LogP contribution in [-0.2, 0) is 9.53 Å². The zero-order chi connectivity index (χ0) is 15.5. The number of carbonyl (C=O) groups excluding carboxylic acids is 2. The van der Waals surface area contributed by atoms with E-state index in [0.29, 0.717) is 11.5 Å². The molecule has 1 rings (SSSR count). The molecule has 0 saturated carbocycles. The number of Topliss-reactive ketones (excluding diaryl/α,β-unsaturated/α-hetero) is 1. The van der Waals surface area contributed by atoms with Crippen molar-refractivity contribution in [3.63, 3.8) is 0 Å². The zero-order valence-corrected chi connectivity index (χ0v) is 13.2. The van der Waals surface area contributed by atoms with E-state index in [9.17, 15) is 9.59 Å². The molecule has 0 spiro atoms. The molecule has 0 bridgehead atoms. The molecule has 0 heterocycles. The van der Waals surface area contributed by atoms with Crippen molar-refractivity contribution in [3.05, 3.63) is 35.4 Å². The molecule has 0 N–H and O–H groups in total. The Labute approximate surface area is 121 Å². The van der Waals surface area contributed by atoms with Crippen molar-refractivity contribution < 1.29 is 14.3 Å². The Morgan fingerprint density at radius 1 is 1.00 bits per heavy atom. The molecule has 0 fully saturated rings. The number of rotatable bonds is 5. The first kappa shape index (κ1) is 16.4. The number of ether oxygens (including phenoxy) is 1. The number of carbonyl (C=O) groups is 2. The Bertz CT molecular complexity index is 481. The molecule has 0 aromatic heterocycles. The van der Waals surface area contributed by atoms with Gasteiger partial charge in [-0.25, -0.2) is 4.79 Å². The number of esters is 1. The van der Waals surface area contributed by atoms with E-state index in [1.54, 1.807) is 39.8 Å². The lowest BCUT2D eigenvalue weighted by Crippen LogP contribution is -2.40. The summed E-state index contributed by atoms with van der Waals surface area (Å²) in [7, 11) is 0. The molecule has 0 aliphatic rings. The average molecular weight is 276 g/mol. The highest BCUT2D eigenvalue weighted by Gasteiger charge is 2.33. The lowest BCUT2D eigenvalue weighted by molar-refractivity contribution is -0.138. The molecule has 0 atom stereocenters. The molecule has 1 aromatic carbocycles. The zero-order valence-electron chi connectivity index (χ0n) is 13.2. The molecule has 3 heteroatoms. The minimum absolute atomic E-state index is 0.0790. The molecule has 110 valence electrons. The lowest BCUT2D eigenvalue weighted by Gasteiger charge is -2.25. The first-order valence-corrected chi connectivity index (χ1v) is 7.02. The van der Waals surface area contributed by atoms with Gasteiger partial charge < -0.3 is 4.74 Å². The monoisotopic (exact) mass is 276 g/mol. The van der Waals surface area contributed by atoms with Crippen molar-refractivity contribution in [2.45, 2.75) is 53.1 Å². The highest BCUT2D eigenvalue weighted by molar-refractivity contribution is 5.95. The Balaban J connectivity index is 2.83. The fraction of sp³-hybridized carbons (Fsp3) is 0.529. The van der Waals surface area contributed by atoms with E-state index in [1.807, 2.05) is 12.1 Å². The van der Waals surface area contributed by atoms with Gasteiger partial charge in [0.25, 0.3) is 0 Å². The van der Waals surface area contributed by atoms with Crippen LogP contribution in [0.5, 0.6) is 0 Å². The molecule has 0 saturated heterocycles. The summed E-state index contributed by atoms with van der Waals surface area (Å²) in [5.74, 6) is -0.288. The minimum Gasteiger partial charge on any atom is -0.448 e. The van der Waals surface area contributed by atoms with Crippen LogP contribution in [0.1, 0.15) is 63.4 Å². The van der Waals surface area contributed by atoms with Gasteiger partial charge in [0.1, 0.15) is 0 Å². The summed E-state index contributed by atoms with van der Waals surface area (Å²) in [5, 5.41) is 0. The van der Waals surface area contributed by atoms with Gasteiger partial charge in [0, 0.05) is 5.92 Å². The summed E-state index contributed by atoms with van der Waals surface area (Å²) >= 11 is 0. The van der Waals surface area contributed by atoms with Crippen LogP contribution in [0.3, 0.4) is 0 Å². The van der Waals surface area contributed by atoms with Crippen LogP contribution in [0.25, 0.3) is 0 Å². The van der Waals surface area contributed by atoms with Crippen LogP contribution in [0.4, 0.5) is 0 Å². The third kappa shape index (κ3) is 3.92. The number of hydrogen-bond donors (Lipinski definition) is 0. The van der Waals surface area contributed by atoms with Gasteiger partial charge in [0.05, 0.1) is 5.56 Å². The molecule has 0 amide bonds. The van der Waals surface area contributed by atoms with Crippen molar-refractivity contribution in [3.8, 4) is 0 Å². The van der Waals surface area contributed by atoms with Crippen LogP contribution < -0.4 is 0 Å². The molecule has 0 aliphatic carbocycles. The maximum atomic E-state index is 12.1. The van der Waals surface area contributed by atoms with E-state index in [-0.39, 0.29) is 11.7 Å². The Morgan fingerprint density at radius 2 is 1.50 bits per heavy atom. The fourth-order valence-corrected chi connectivity index (χ4v) is 2.04. The summed E-state index contributed by atoms with van der Waals surface area (Å²) < 4.78 is 5.36. The summed E-state index contributed by atoms with van der Waals surface area (Å²) in [6, 6.07) is 7.32. The number of benzene rings is 1.